The Balaban J connectivity index is 2.28. The summed E-state index contributed by atoms with van der Waals surface area (Å²) in [6, 6.07) is 0. The second-order valence-electron chi connectivity index (χ2n) is 4.61. The van der Waals surface area contributed by atoms with Crippen LogP contribution in [0.25, 0.3) is 0 Å². The average molecular weight is 264 g/mol. The molecule has 0 aromatic heterocycles. The van der Waals surface area contributed by atoms with E-state index in [4.69, 9.17) is 5.11 Å². The van der Waals surface area contributed by atoms with Crippen molar-refractivity contribution in [2.45, 2.75) is 25.5 Å². The summed E-state index contributed by atoms with van der Waals surface area (Å²) in [5.41, 5.74) is 0. The van der Waals surface area contributed by atoms with E-state index in [0.717, 1.165) is 6.54 Å². The van der Waals surface area contributed by atoms with Crippen LogP contribution in [0.15, 0.2) is 0 Å². The highest BCUT2D eigenvalue weighted by Gasteiger charge is 2.27. The van der Waals surface area contributed by atoms with Crippen LogP contribution >= 0.6 is 0 Å². The van der Waals surface area contributed by atoms with Crippen molar-refractivity contribution in [3.05, 3.63) is 0 Å². The van der Waals surface area contributed by atoms with E-state index in [2.05, 4.69) is 4.72 Å². The second-order valence-corrected chi connectivity index (χ2v) is 6.93. The van der Waals surface area contributed by atoms with Crippen molar-refractivity contribution in [1.29, 1.82) is 0 Å². The predicted octanol–water partition coefficient (Wildman–Crippen LogP) is -0.279. The third-order valence-corrected chi connectivity index (χ3v) is 4.82. The Morgan fingerprint density at radius 2 is 2.18 bits per heavy atom. The van der Waals surface area contributed by atoms with Gasteiger partial charge in [0.1, 0.15) is 0 Å². The van der Waals surface area contributed by atoms with E-state index in [1.807, 2.05) is 4.90 Å². The molecule has 6 nitrogen and oxygen atoms in total. The van der Waals surface area contributed by atoms with Crippen LogP contribution in [-0.4, -0.2) is 55.8 Å². The summed E-state index contributed by atoms with van der Waals surface area (Å²) in [4.78, 5) is 12.7. The Morgan fingerprint density at radius 1 is 1.53 bits per heavy atom. The van der Waals surface area contributed by atoms with E-state index >= 15 is 0 Å². The summed E-state index contributed by atoms with van der Waals surface area (Å²) in [7, 11) is -3.21. The standard InChI is InChI=1S/C10H20N2O4S/c1-8(2)17(15,16)11-4-6-12-5-3-9(7-12)10(13)14/h8-9,11H,3-7H2,1-2H3,(H,13,14). The zero-order valence-corrected chi connectivity index (χ0v) is 11.0. The van der Waals surface area contributed by atoms with Crippen LogP contribution in [0.5, 0.6) is 0 Å². The maximum absolute atomic E-state index is 11.5. The minimum atomic E-state index is -3.21. The number of likely N-dealkylation sites (tertiary alicyclic amines) is 1. The molecule has 2 N–H and O–H groups in total. The zero-order valence-electron chi connectivity index (χ0n) is 10.2. The molecule has 1 rings (SSSR count). The SMILES string of the molecule is CC(C)S(=O)(=O)NCCN1CCC(C(=O)O)C1. The molecule has 1 heterocycles. The Labute approximate surface area is 102 Å². The van der Waals surface area contributed by atoms with E-state index in [-0.39, 0.29) is 5.92 Å². The molecule has 7 heteroatoms. The molecular weight excluding hydrogens is 244 g/mol. The molecule has 0 bridgehead atoms. The fourth-order valence-corrected chi connectivity index (χ4v) is 2.46. The van der Waals surface area contributed by atoms with Gasteiger partial charge in [-0.05, 0) is 26.8 Å². The van der Waals surface area contributed by atoms with Crippen molar-refractivity contribution in [1.82, 2.24) is 9.62 Å². The van der Waals surface area contributed by atoms with E-state index in [9.17, 15) is 13.2 Å². The van der Waals surface area contributed by atoms with E-state index in [1.165, 1.54) is 0 Å². The molecule has 100 valence electrons. The van der Waals surface area contributed by atoms with Crippen molar-refractivity contribution in [3.8, 4) is 0 Å². The second kappa shape index (κ2) is 5.79. The van der Waals surface area contributed by atoms with Crippen molar-refractivity contribution < 1.29 is 18.3 Å². The highest BCUT2D eigenvalue weighted by atomic mass is 32.2. The maximum atomic E-state index is 11.5. The van der Waals surface area contributed by atoms with E-state index < -0.39 is 21.2 Å². The Kier molecular flexibility index (Phi) is 4.91. The molecule has 0 spiro atoms. The van der Waals surface area contributed by atoms with Gasteiger partial charge < -0.3 is 10.0 Å². The van der Waals surface area contributed by atoms with Gasteiger partial charge in [0.25, 0.3) is 0 Å². The van der Waals surface area contributed by atoms with Crippen molar-refractivity contribution in [2.75, 3.05) is 26.2 Å². The van der Waals surface area contributed by atoms with Crippen molar-refractivity contribution >= 4 is 16.0 Å². The topological polar surface area (TPSA) is 86.7 Å². The number of aliphatic carboxylic acids is 1. The van der Waals surface area contributed by atoms with Crippen LogP contribution in [0.2, 0.25) is 0 Å². The number of carboxylic acids is 1. The average Bonchev–Trinajstić information content (AvgIpc) is 2.66. The van der Waals surface area contributed by atoms with Crippen molar-refractivity contribution in [2.24, 2.45) is 5.92 Å². The first-order chi connectivity index (χ1) is 7.83. The Hall–Kier alpha value is -0.660. The number of carboxylic acid groups (broad SMARTS) is 1. The monoisotopic (exact) mass is 264 g/mol. The molecule has 1 aliphatic heterocycles. The third kappa shape index (κ3) is 4.25. The highest BCUT2D eigenvalue weighted by molar-refractivity contribution is 7.90. The van der Waals surface area contributed by atoms with Gasteiger partial charge in [-0.1, -0.05) is 0 Å². The van der Waals surface area contributed by atoms with Gasteiger partial charge >= 0.3 is 5.97 Å². The van der Waals surface area contributed by atoms with Crippen LogP contribution in [-0.2, 0) is 14.8 Å². The summed E-state index contributed by atoms with van der Waals surface area (Å²) < 4.78 is 25.4. The van der Waals surface area contributed by atoms with Gasteiger partial charge in [-0.3, -0.25) is 4.79 Å². The molecule has 0 aliphatic carbocycles. The molecule has 1 aliphatic rings. The molecule has 0 amide bonds. The molecule has 1 saturated heterocycles. The number of rotatable bonds is 6. The number of carbonyl (C=O) groups is 1. The zero-order chi connectivity index (χ0) is 13.1. The lowest BCUT2D eigenvalue weighted by molar-refractivity contribution is -0.141. The molecule has 1 fully saturated rings. The number of sulfonamides is 1. The summed E-state index contributed by atoms with van der Waals surface area (Å²) in [6.45, 7) is 5.39. The van der Waals surface area contributed by atoms with Crippen LogP contribution < -0.4 is 4.72 Å². The first kappa shape index (κ1) is 14.4. The van der Waals surface area contributed by atoms with E-state index in [0.29, 0.717) is 26.1 Å². The fourth-order valence-electron chi connectivity index (χ4n) is 1.75. The number of hydrogen-bond acceptors (Lipinski definition) is 4. The van der Waals surface area contributed by atoms with Crippen LogP contribution in [0, 0.1) is 5.92 Å². The number of nitrogens with zero attached hydrogens (tertiary/aromatic N) is 1. The largest absolute Gasteiger partial charge is 0.481 e. The Bertz CT molecular complexity index is 367. The summed E-state index contributed by atoms with van der Waals surface area (Å²) in [5.74, 6) is -1.08. The van der Waals surface area contributed by atoms with Gasteiger partial charge in [0.15, 0.2) is 0 Å². The summed E-state index contributed by atoms with van der Waals surface area (Å²) >= 11 is 0. The first-order valence-corrected chi connectivity index (χ1v) is 7.31. The van der Waals surface area contributed by atoms with Gasteiger partial charge in [0.2, 0.25) is 10.0 Å². The third-order valence-electron chi connectivity index (χ3n) is 2.97. The fraction of sp³-hybridized carbons (Fsp3) is 0.900. The molecule has 0 aromatic rings. The summed E-state index contributed by atoms with van der Waals surface area (Å²) in [5, 5.41) is 8.38. The molecule has 0 radical (unpaired) electrons. The minimum Gasteiger partial charge on any atom is -0.481 e. The lowest BCUT2D eigenvalue weighted by atomic mass is 10.1. The first-order valence-electron chi connectivity index (χ1n) is 5.76. The smallest absolute Gasteiger partial charge is 0.307 e. The molecule has 1 unspecified atom stereocenters. The van der Waals surface area contributed by atoms with Gasteiger partial charge in [0.05, 0.1) is 11.2 Å². The summed E-state index contributed by atoms with van der Waals surface area (Å²) in [6.07, 6.45) is 0.645. The highest BCUT2D eigenvalue weighted by Crippen LogP contribution is 2.15. The molecule has 1 atom stereocenters. The van der Waals surface area contributed by atoms with Gasteiger partial charge in [-0.2, -0.15) is 0 Å². The van der Waals surface area contributed by atoms with Gasteiger partial charge in [0, 0.05) is 19.6 Å². The lowest BCUT2D eigenvalue weighted by Crippen LogP contribution is -2.37. The predicted molar refractivity (Wildman–Crippen MR) is 64.2 cm³/mol. The van der Waals surface area contributed by atoms with E-state index in [1.54, 1.807) is 13.8 Å². The maximum Gasteiger partial charge on any atom is 0.307 e. The van der Waals surface area contributed by atoms with Crippen LogP contribution in [0.1, 0.15) is 20.3 Å². The lowest BCUT2D eigenvalue weighted by Gasteiger charge is -2.16. The van der Waals surface area contributed by atoms with Gasteiger partial charge in [-0.25, -0.2) is 13.1 Å². The molecule has 17 heavy (non-hydrogen) atoms. The molecular formula is C10H20N2O4S. The number of nitrogens with one attached hydrogen (secondary N) is 1. The molecule has 0 saturated carbocycles. The van der Waals surface area contributed by atoms with Crippen LogP contribution in [0.4, 0.5) is 0 Å². The number of hydrogen-bond donors (Lipinski definition) is 2. The normalized spacial score (nSPS) is 22.2. The quantitative estimate of drug-likeness (QED) is 0.689. The Morgan fingerprint density at radius 3 is 2.65 bits per heavy atom. The van der Waals surface area contributed by atoms with Crippen LogP contribution in [0.3, 0.4) is 0 Å². The molecule has 0 aromatic carbocycles. The van der Waals surface area contributed by atoms with Gasteiger partial charge in [-0.15, -0.1) is 0 Å². The minimum absolute atomic E-state index is 0.309. The van der Waals surface area contributed by atoms with Crippen molar-refractivity contribution in [3.63, 3.8) is 0 Å².